The van der Waals surface area contributed by atoms with E-state index >= 15 is 0 Å². The first-order valence-electron chi connectivity index (χ1n) is 12.0. The monoisotopic (exact) mass is 428 g/mol. The van der Waals surface area contributed by atoms with E-state index in [0.29, 0.717) is 11.5 Å². The molecule has 0 radical (unpaired) electrons. The largest absolute Gasteiger partial charge is 0.491 e. The molecule has 2 fully saturated rings. The lowest BCUT2D eigenvalue weighted by Crippen LogP contribution is -2.40. The summed E-state index contributed by atoms with van der Waals surface area (Å²) in [5.74, 6) is 3.06. The minimum absolute atomic E-state index is 0.00490. The molecule has 1 heterocycles. The van der Waals surface area contributed by atoms with Gasteiger partial charge in [-0.25, -0.2) is 4.98 Å². The van der Waals surface area contributed by atoms with Gasteiger partial charge >= 0.3 is 0 Å². The lowest BCUT2D eigenvalue weighted by Gasteiger charge is -2.28. The minimum Gasteiger partial charge on any atom is -0.491 e. The molecule has 2 aliphatic carbocycles. The van der Waals surface area contributed by atoms with E-state index in [0.717, 1.165) is 39.7 Å². The lowest BCUT2D eigenvalue weighted by molar-refractivity contribution is 0.0917. The van der Waals surface area contributed by atoms with Gasteiger partial charge in [-0.3, -0.25) is 4.79 Å². The Morgan fingerprint density at radius 2 is 1.88 bits per heavy atom. The zero-order valence-corrected chi connectivity index (χ0v) is 19.2. The van der Waals surface area contributed by atoms with Gasteiger partial charge in [-0.15, -0.1) is 0 Å². The number of carbonyl (C=O) groups is 1. The van der Waals surface area contributed by atoms with Gasteiger partial charge in [0.15, 0.2) is 0 Å². The van der Waals surface area contributed by atoms with Gasteiger partial charge in [-0.2, -0.15) is 0 Å². The average molecular weight is 429 g/mol. The Morgan fingerprint density at radius 1 is 1.03 bits per heavy atom. The maximum atomic E-state index is 13.5. The van der Waals surface area contributed by atoms with E-state index in [1.807, 2.05) is 68.4 Å². The van der Waals surface area contributed by atoms with E-state index in [9.17, 15) is 4.79 Å². The molecule has 166 valence electrons. The van der Waals surface area contributed by atoms with Crippen LogP contribution in [-0.2, 0) is 0 Å². The first kappa shape index (κ1) is 21.0. The topological polar surface area (TPSA) is 51.2 Å². The molecule has 32 heavy (non-hydrogen) atoms. The van der Waals surface area contributed by atoms with E-state index in [1.165, 1.54) is 25.7 Å². The molecule has 0 aliphatic heterocycles. The summed E-state index contributed by atoms with van der Waals surface area (Å²) in [5.41, 5.74) is 3.26. The van der Waals surface area contributed by atoms with Gasteiger partial charge in [-0.05, 0) is 82.1 Å². The van der Waals surface area contributed by atoms with Crippen LogP contribution in [0, 0.1) is 17.8 Å². The molecule has 3 aromatic rings. The second kappa shape index (κ2) is 8.57. The number of nitrogens with zero attached hydrogens (tertiary/aromatic N) is 1. The standard InChI is InChI=1S/C28H32N2O2/c1-17(2)32-22-8-6-7-21(15-22)27-16-25(23-9-4-5-10-26(23)30-27)28(31)29-18(3)24-14-19-11-12-20(24)13-19/h4-10,15-20,24H,11-14H2,1-3H3,(H,29,31)/t18-,19+,20+,24-/m0/s1. The third kappa shape index (κ3) is 4.11. The highest BCUT2D eigenvalue weighted by Gasteiger charge is 2.42. The van der Waals surface area contributed by atoms with Crippen LogP contribution in [0.25, 0.3) is 22.2 Å². The highest BCUT2D eigenvalue weighted by molar-refractivity contribution is 6.07. The van der Waals surface area contributed by atoms with Crippen molar-refractivity contribution in [2.45, 2.75) is 58.6 Å². The summed E-state index contributed by atoms with van der Waals surface area (Å²) in [5, 5.41) is 4.23. The molecular formula is C28H32N2O2. The Labute approximate surface area is 190 Å². The van der Waals surface area contributed by atoms with Crippen LogP contribution in [0.2, 0.25) is 0 Å². The van der Waals surface area contributed by atoms with E-state index in [-0.39, 0.29) is 18.1 Å². The smallest absolute Gasteiger partial charge is 0.252 e. The van der Waals surface area contributed by atoms with Crippen molar-refractivity contribution in [2.24, 2.45) is 17.8 Å². The average Bonchev–Trinajstić information content (AvgIpc) is 3.42. The number of pyridine rings is 1. The first-order valence-corrected chi connectivity index (χ1v) is 12.0. The summed E-state index contributed by atoms with van der Waals surface area (Å²) < 4.78 is 5.87. The fraction of sp³-hybridized carbons (Fsp3) is 0.429. The second-order valence-electron chi connectivity index (χ2n) is 9.87. The summed E-state index contributed by atoms with van der Waals surface area (Å²) >= 11 is 0. The highest BCUT2D eigenvalue weighted by Crippen LogP contribution is 2.49. The predicted octanol–water partition coefficient (Wildman–Crippen LogP) is 6.24. The van der Waals surface area contributed by atoms with Crippen LogP contribution < -0.4 is 10.1 Å². The van der Waals surface area contributed by atoms with E-state index in [2.05, 4.69) is 12.2 Å². The molecule has 1 amide bonds. The van der Waals surface area contributed by atoms with Crippen molar-refractivity contribution in [3.8, 4) is 17.0 Å². The van der Waals surface area contributed by atoms with Crippen LogP contribution >= 0.6 is 0 Å². The number of amides is 1. The van der Waals surface area contributed by atoms with Crippen LogP contribution in [0.5, 0.6) is 5.75 Å². The van der Waals surface area contributed by atoms with Crippen LogP contribution in [0.3, 0.4) is 0 Å². The Bertz CT molecular complexity index is 1140. The number of nitrogens with one attached hydrogen (secondary N) is 1. The number of aromatic nitrogens is 1. The Morgan fingerprint density at radius 3 is 2.62 bits per heavy atom. The maximum Gasteiger partial charge on any atom is 0.252 e. The Kier molecular flexibility index (Phi) is 5.62. The zero-order valence-electron chi connectivity index (χ0n) is 19.2. The van der Waals surface area contributed by atoms with E-state index in [1.54, 1.807) is 0 Å². The third-order valence-electron chi connectivity index (χ3n) is 7.26. The number of hydrogen-bond acceptors (Lipinski definition) is 3. The summed E-state index contributed by atoms with van der Waals surface area (Å²) in [6, 6.07) is 18.0. The normalized spacial score (nSPS) is 22.9. The van der Waals surface area contributed by atoms with E-state index < -0.39 is 0 Å². The number of fused-ring (bicyclic) bond motifs is 3. The molecule has 1 aromatic heterocycles. The summed E-state index contributed by atoms with van der Waals surface area (Å²) in [6.07, 6.45) is 5.41. The SMILES string of the molecule is CC(C)Oc1cccc(-c2cc(C(=O)N[C@@H](C)[C@@H]3C[C@@H]4CC[C@@H]3C4)c3ccccc3n2)c1. The molecule has 4 atom stereocenters. The number of hydrogen-bond donors (Lipinski definition) is 1. The molecule has 0 spiro atoms. The number of ether oxygens (including phenoxy) is 1. The fourth-order valence-electron chi connectivity index (χ4n) is 5.81. The number of benzene rings is 2. The zero-order chi connectivity index (χ0) is 22.2. The molecule has 2 aromatic carbocycles. The molecule has 0 unspecified atom stereocenters. The number of para-hydroxylation sites is 1. The van der Waals surface area contributed by atoms with E-state index in [4.69, 9.17) is 9.72 Å². The lowest BCUT2D eigenvalue weighted by atomic mass is 9.84. The second-order valence-corrected chi connectivity index (χ2v) is 9.87. The fourth-order valence-corrected chi connectivity index (χ4v) is 5.81. The molecular weight excluding hydrogens is 396 g/mol. The van der Waals surface area contributed by atoms with Crippen LogP contribution in [-0.4, -0.2) is 23.0 Å². The highest BCUT2D eigenvalue weighted by atomic mass is 16.5. The van der Waals surface area contributed by atoms with Crippen LogP contribution in [0.15, 0.2) is 54.6 Å². The van der Waals surface area contributed by atoms with Crippen molar-refractivity contribution in [3.63, 3.8) is 0 Å². The Hall–Kier alpha value is -2.88. The predicted molar refractivity (Wildman–Crippen MR) is 129 cm³/mol. The minimum atomic E-state index is -0.00490. The van der Waals surface area contributed by atoms with Crippen LogP contribution in [0.4, 0.5) is 0 Å². The van der Waals surface area contributed by atoms with Gasteiger partial charge in [0, 0.05) is 17.0 Å². The van der Waals surface area contributed by atoms with Crippen molar-refractivity contribution in [2.75, 3.05) is 0 Å². The number of carbonyl (C=O) groups excluding carboxylic acids is 1. The first-order chi connectivity index (χ1) is 15.5. The molecule has 5 rings (SSSR count). The van der Waals surface area contributed by atoms with Crippen molar-refractivity contribution in [1.29, 1.82) is 0 Å². The van der Waals surface area contributed by atoms with Gasteiger partial charge in [0.05, 0.1) is 22.9 Å². The van der Waals surface area contributed by atoms with Gasteiger partial charge in [0.2, 0.25) is 0 Å². The van der Waals surface area contributed by atoms with Gasteiger partial charge in [0.1, 0.15) is 5.75 Å². The molecule has 2 bridgehead atoms. The maximum absolute atomic E-state index is 13.5. The van der Waals surface area contributed by atoms with Gasteiger partial charge in [0.25, 0.3) is 5.91 Å². The molecule has 2 saturated carbocycles. The van der Waals surface area contributed by atoms with Crippen LogP contribution in [0.1, 0.15) is 56.8 Å². The summed E-state index contributed by atoms with van der Waals surface area (Å²) in [4.78, 5) is 18.3. The van der Waals surface area contributed by atoms with Gasteiger partial charge in [-0.1, -0.05) is 36.8 Å². The van der Waals surface area contributed by atoms with Crippen molar-refractivity contribution >= 4 is 16.8 Å². The number of rotatable bonds is 6. The van der Waals surface area contributed by atoms with Crippen molar-refractivity contribution < 1.29 is 9.53 Å². The third-order valence-corrected chi connectivity index (χ3v) is 7.26. The molecule has 4 nitrogen and oxygen atoms in total. The molecule has 0 saturated heterocycles. The van der Waals surface area contributed by atoms with Crippen molar-refractivity contribution in [1.82, 2.24) is 10.3 Å². The molecule has 4 heteroatoms. The van der Waals surface area contributed by atoms with Gasteiger partial charge < -0.3 is 10.1 Å². The van der Waals surface area contributed by atoms with Crippen molar-refractivity contribution in [3.05, 3.63) is 60.2 Å². The Balaban J connectivity index is 1.46. The quantitative estimate of drug-likeness (QED) is 0.505. The summed E-state index contributed by atoms with van der Waals surface area (Å²) in [7, 11) is 0. The summed E-state index contributed by atoms with van der Waals surface area (Å²) in [6.45, 7) is 6.21. The molecule has 1 N–H and O–H groups in total. The molecule has 2 aliphatic rings.